The molecule has 0 aromatic carbocycles. The average Bonchev–Trinajstić information content (AvgIpc) is 3.15. The fourth-order valence-corrected chi connectivity index (χ4v) is 2.50. The van der Waals surface area contributed by atoms with Gasteiger partial charge in [-0.1, -0.05) is 0 Å². The van der Waals surface area contributed by atoms with Crippen molar-refractivity contribution in [3.05, 3.63) is 28.7 Å². The minimum absolute atomic E-state index is 0.0881. The summed E-state index contributed by atoms with van der Waals surface area (Å²) in [5.41, 5.74) is 3.47. The number of nitrogens with one attached hydrogen (secondary N) is 2. The third-order valence-corrected chi connectivity index (χ3v) is 3.61. The maximum absolute atomic E-state index is 12.2. The molecule has 1 aliphatic carbocycles. The Bertz CT molecular complexity index is 676. The molecule has 8 heteroatoms. The van der Waals surface area contributed by atoms with Crippen molar-refractivity contribution in [3.8, 4) is 11.9 Å². The van der Waals surface area contributed by atoms with Gasteiger partial charge in [-0.15, -0.1) is 0 Å². The highest BCUT2D eigenvalue weighted by Gasteiger charge is 2.19. The van der Waals surface area contributed by atoms with E-state index in [4.69, 9.17) is 9.47 Å². The predicted molar refractivity (Wildman–Crippen MR) is 76.9 cm³/mol. The number of carbonyl (C=O) groups is 1. The molecular weight excluding hydrogens is 286 g/mol. The van der Waals surface area contributed by atoms with Crippen molar-refractivity contribution in [2.24, 2.45) is 0 Å². The molecule has 116 valence electrons. The van der Waals surface area contributed by atoms with E-state index in [-0.39, 0.29) is 23.5 Å². The Balaban J connectivity index is 1.71. The summed E-state index contributed by atoms with van der Waals surface area (Å²) in [4.78, 5) is 20.2. The van der Waals surface area contributed by atoms with Crippen molar-refractivity contribution in [1.29, 1.82) is 0 Å². The molecule has 2 N–H and O–H groups in total. The summed E-state index contributed by atoms with van der Waals surface area (Å²) in [5.74, 6) is -0.0496. The Morgan fingerprint density at radius 3 is 2.95 bits per heavy atom. The number of aromatic nitrogens is 4. The van der Waals surface area contributed by atoms with Crippen LogP contribution in [0.1, 0.15) is 33.9 Å². The molecule has 22 heavy (non-hydrogen) atoms. The minimum Gasteiger partial charge on any atom is -0.481 e. The van der Waals surface area contributed by atoms with Crippen LogP contribution in [0.25, 0.3) is 0 Å². The van der Waals surface area contributed by atoms with Crippen molar-refractivity contribution in [2.75, 3.05) is 14.2 Å². The molecule has 1 aliphatic rings. The van der Waals surface area contributed by atoms with Crippen LogP contribution in [0, 0.1) is 0 Å². The van der Waals surface area contributed by atoms with Crippen molar-refractivity contribution < 1.29 is 14.3 Å². The zero-order valence-electron chi connectivity index (χ0n) is 12.5. The molecule has 2 aromatic heterocycles. The van der Waals surface area contributed by atoms with Crippen LogP contribution in [0.2, 0.25) is 0 Å². The lowest BCUT2D eigenvalue weighted by molar-refractivity contribution is 0.0943. The van der Waals surface area contributed by atoms with E-state index < -0.39 is 0 Å². The number of hydrogen-bond donors (Lipinski definition) is 2. The van der Waals surface area contributed by atoms with Gasteiger partial charge in [0.25, 0.3) is 5.91 Å². The number of amides is 1. The van der Waals surface area contributed by atoms with E-state index in [1.165, 1.54) is 31.5 Å². The van der Waals surface area contributed by atoms with Gasteiger partial charge >= 0.3 is 6.01 Å². The van der Waals surface area contributed by atoms with Gasteiger partial charge in [0, 0.05) is 11.8 Å². The second-order valence-corrected chi connectivity index (χ2v) is 4.95. The van der Waals surface area contributed by atoms with Crippen molar-refractivity contribution in [1.82, 2.24) is 25.5 Å². The molecule has 0 radical (unpaired) electrons. The number of ether oxygens (including phenoxy) is 2. The Hall–Kier alpha value is -2.64. The third-order valence-electron chi connectivity index (χ3n) is 3.61. The van der Waals surface area contributed by atoms with E-state index in [0.717, 1.165) is 25.0 Å². The van der Waals surface area contributed by atoms with Crippen LogP contribution < -0.4 is 14.8 Å². The van der Waals surface area contributed by atoms with E-state index in [0.29, 0.717) is 6.54 Å². The predicted octanol–water partition coefficient (Wildman–Crippen LogP) is 0.636. The van der Waals surface area contributed by atoms with E-state index in [1.54, 1.807) is 0 Å². The molecule has 0 bridgehead atoms. The summed E-state index contributed by atoms with van der Waals surface area (Å²) in [6.07, 6.45) is 3.16. The summed E-state index contributed by atoms with van der Waals surface area (Å²) in [6, 6.07) is 1.55. The van der Waals surface area contributed by atoms with Gasteiger partial charge in [-0.3, -0.25) is 9.89 Å². The van der Waals surface area contributed by atoms with E-state index in [2.05, 4.69) is 25.5 Å². The van der Waals surface area contributed by atoms with Gasteiger partial charge in [-0.25, -0.2) is 0 Å². The second kappa shape index (κ2) is 6.00. The first-order valence-corrected chi connectivity index (χ1v) is 7.01. The largest absolute Gasteiger partial charge is 0.481 e. The summed E-state index contributed by atoms with van der Waals surface area (Å²) < 4.78 is 9.99. The Kier molecular flexibility index (Phi) is 3.90. The van der Waals surface area contributed by atoms with Crippen LogP contribution in [-0.4, -0.2) is 40.3 Å². The number of hydrogen-bond acceptors (Lipinski definition) is 6. The lowest BCUT2D eigenvalue weighted by atomic mass is 10.2. The van der Waals surface area contributed by atoms with E-state index in [1.807, 2.05) is 0 Å². The standard InChI is InChI=1S/C14H17N5O3/c1-21-12-6-10(16-14(17-12)22-2)13(20)15-7-11-8-4-3-5-9(8)18-19-11/h6H,3-5,7H2,1-2H3,(H,15,20)(H,18,19). The average molecular weight is 303 g/mol. The zero-order chi connectivity index (χ0) is 15.5. The number of carbonyl (C=O) groups excluding carboxylic acids is 1. The number of H-pyrrole nitrogens is 1. The van der Waals surface area contributed by atoms with Gasteiger partial charge in [0.15, 0.2) is 0 Å². The summed E-state index contributed by atoms with van der Waals surface area (Å²) in [5, 5.41) is 10.1. The molecule has 0 spiro atoms. The molecule has 8 nitrogen and oxygen atoms in total. The van der Waals surface area contributed by atoms with E-state index >= 15 is 0 Å². The second-order valence-electron chi connectivity index (χ2n) is 4.95. The summed E-state index contributed by atoms with van der Waals surface area (Å²) in [6.45, 7) is 0.360. The molecule has 0 saturated carbocycles. The quantitative estimate of drug-likeness (QED) is 0.840. The molecular formula is C14H17N5O3. The SMILES string of the molecule is COc1cc(C(=O)NCc2n[nH]c3c2CCC3)nc(OC)n1. The third kappa shape index (κ3) is 2.72. The Labute approximate surface area is 127 Å². The van der Waals surface area contributed by atoms with Gasteiger partial charge < -0.3 is 14.8 Å². The molecule has 0 unspecified atom stereocenters. The molecule has 1 amide bonds. The first-order chi connectivity index (χ1) is 10.7. The van der Waals surface area contributed by atoms with Gasteiger partial charge in [-0.05, 0) is 24.8 Å². The molecule has 2 aromatic rings. The molecule has 0 aliphatic heterocycles. The molecule has 0 atom stereocenters. The van der Waals surface area contributed by atoms with Gasteiger partial charge in [0.05, 0.1) is 26.5 Å². The van der Waals surface area contributed by atoms with Gasteiger partial charge in [0.2, 0.25) is 5.88 Å². The first kappa shape index (κ1) is 14.3. The summed E-state index contributed by atoms with van der Waals surface area (Å²) in [7, 11) is 2.90. The fraction of sp³-hybridized carbons (Fsp3) is 0.429. The number of aromatic amines is 1. The number of rotatable bonds is 5. The zero-order valence-corrected chi connectivity index (χ0v) is 12.5. The fourth-order valence-electron chi connectivity index (χ4n) is 2.50. The highest BCUT2D eigenvalue weighted by Crippen LogP contribution is 2.22. The molecule has 2 heterocycles. The number of aryl methyl sites for hydroxylation is 1. The highest BCUT2D eigenvalue weighted by molar-refractivity contribution is 5.92. The van der Waals surface area contributed by atoms with Crippen LogP contribution in [0.15, 0.2) is 6.07 Å². The molecule has 0 saturated heterocycles. The lowest BCUT2D eigenvalue weighted by Gasteiger charge is -2.07. The minimum atomic E-state index is -0.325. The Morgan fingerprint density at radius 2 is 2.18 bits per heavy atom. The normalized spacial score (nSPS) is 12.8. The van der Waals surface area contributed by atoms with Crippen LogP contribution in [0.5, 0.6) is 11.9 Å². The van der Waals surface area contributed by atoms with Crippen molar-refractivity contribution in [3.63, 3.8) is 0 Å². The van der Waals surface area contributed by atoms with Gasteiger partial charge in [0.1, 0.15) is 5.69 Å². The number of nitrogens with zero attached hydrogens (tertiary/aromatic N) is 3. The van der Waals surface area contributed by atoms with Crippen LogP contribution >= 0.6 is 0 Å². The maximum atomic E-state index is 12.2. The van der Waals surface area contributed by atoms with Crippen LogP contribution in [0.3, 0.4) is 0 Å². The van der Waals surface area contributed by atoms with Crippen molar-refractivity contribution in [2.45, 2.75) is 25.8 Å². The lowest BCUT2D eigenvalue weighted by Crippen LogP contribution is -2.24. The highest BCUT2D eigenvalue weighted by atomic mass is 16.5. The monoisotopic (exact) mass is 303 g/mol. The first-order valence-electron chi connectivity index (χ1n) is 7.01. The van der Waals surface area contributed by atoms with E-state index in [9.17, 15) is 4.79 Å². The van der Waals surface area contributed by atoms with Crippen LogP contribution in [-0.2, 0) is 19.4 Å². The molecule has 0 fully saturated rings. The number of methoxy groups -OCH3 is 2. The maximum Gasteiger partial charge on any atom is 0.320 e. The number of fused-ring (bicyclic) bond motifs is 1. The smallest absolute Gasteiger partial charge is 0.320 e. The van der Waals surface area contributed by atoms with Crippen molar-refractivity contribution >= 4 is 5.91 Å². The van der Waals surface area contributed by atoms with Gasteiger partial charge in [-0.2, -0.15) is 15.1 Å². The topological polar surface area (TPSA) is 102 Å². The van der Waals surface area contributed by atoms with Crippen LogP contribution in [0.4, 0.5) is 0 Å². The Morgan fingerprint density at radius 1 is 1.32 bits per heavy atom. The summed E-state index contributed by atoms with van der Waals surface area (Å²) >= 11 is 0. The molecule has 3 rings (SSSR count).